The fraction of sp³-hybridized carbons (Fsp3) is 0.474. The Kier molecular flexibility index (Phi) is 7.49. The van der Waals surface area contributed by atoms with Gasteiger partial charge in [-0.15, -0.1) is 0 Å². The first-order valence-electron chi connectivity index (χ1n) is 8.67. The van der Waals surface area contributed by atoms with E-state index in [4.69, 9.17) is 0 Å². The topological polar surface area (TPSA) is 61.4 Å². The molecule has 24 heavy (non-hydrogen) atoms. The van der Waals surface area contributed by atoms with E-state index in [9.17, 15) is 9.59 Å². The van der Waals surface area contributed by atoms with Crippen molar-refractivity contribution < 1.29 is 9.59 Å². The van der Waals surface area contributed by atoms with Gasteiger partial charge in [0, 0.05) is 19.2 Å². The second-order valence-electron chi connectivity index (χ2n) is 6.17. The highest BCUT2D eigenvalue weighted by atomic mass is 16.2. The molecule has 2 N–H and O–H groups in total. The summed E-state index contributed by atoms with van der Waals surface area (Å²) >= 11 is 0. The van der Waals surface area contributed by atoms with Crippen molar-refractivity contribution in [3.63, 3.8) is 0 Å². The molecule has 1 aromatic carbocycles. The molecule has 1 aromatic rings. The summed E-state index contributed by atoms with van der Waals surface area (Å²) in [6, 6.07) is 9.58. The zero-order valence-corrected chi connectivity index (χ0v) is 14.3. The highest BCUT2D eigenvalue weighted by molar-refractivity contribution is 5.94. The lowest BCUT2D eigenvalue weighted by Crippen LogP contribution is -2.43. The Hall–Kier alpha value is -2.14. The number of nitrogens with one attached hydrogen (secondary N) is 2. The van der Waals surface area contributed by atoms with Crippen molar-refractivity contribution in [1.82, 2.24) is 15.5 Å². The number of nitrogens with zero attached hydrogens (tertiary/aromatic N) is 1. The predicted molar refractivity (Wildman–Crippen MR) is 96.3 cm³/mol. The van der Waals surface area contributed by atoms with Crippen LogP contribution in [0.15, 0.2) is 36.4 Å². The summed E-state index contributed by atoms with van der Waals surface area (Å²) in [6.45, 7) is 6.13. The Balaban J connectivity index is 1.64. The summed E-state index contributed by atoms with van der Waals surface area (Å²) in [7, 11) is 0. The summed E-state index contributed by atoms with van der Waals surface area (Å²) in [5.41, 5.74) is 0.954. The quantitative estimate of drug-likeness (QED) is 0.748. The molecule has 1 atom stereocenters. The molecule has 0 unspecified atom stereocenters. The van der Waals surface area contributed by atoms with Crippen LogP contribution in [0.2, 0.25) is 0 Å². The van der Waals surface area contributed by atoms with Gasteiger partial charge in [-0.2, -0.15) is 0 Å². The molecule has 0 radical (unpaired) electrons. The number of benzene rings is 1. The van der Waals surface area contributed by atoms with Crippen LogP contribution in [0.1, 0.15) is 25.3 Å². The van der Waals surface area contributed by atoms with Gasteiger partial charge in [0.1, 0.15) is 0 Å². The number of carbonyl (C=O) groups is 2. The van der Waals surface area contributed by atoms with Crippen LogP contribution in [0.5, 0.6) is 0 Å². The third-order valence-corrected chi connectivity index (χ3v) is 4.29. The summed E-state index contributed by atoms with van der Waals surface area (Å²) in [4.78, 5) is 26.0. The summed E-state index contributed by atoms with van der Waals surface area (Å²) in [5.74, 6) is 0.116. The van der Waals surface area contributed by atoms with Crippen molar-refractivity contribution in [1.29, 1.82) is 0 Å². The third kappa shape index (κ3) is 6.54. The summed E-state index contributed by atoms with van der Waals surface area (Å²) in [5, 5.41) is 5.53. The second-order valence-corrected chi connectivity index (χ2v) is 6.17. The Labute approximate surface area is 144 Å². The highest BCUT2D eigenvalue weighted by Gasteiger charge is 2.19. The molecule has 1 heterocycles. The van der Waals surface area contributed by atoms with Crippen LogP contribution in [-0.4, -0.2) is 49.4 Å². The Bertz CT molecular complexity index is 557. The Morgan fingerprint density at radius 3 is 2.79 bits per heavy atom. The second kappa shape index (κ2) is 9.88. The van der Waals surface area contributed by atoms with Crippen molar-refractivity contribution >= 4 is 17.9 Å². The average molecular weight is 329 g/mol. The van der Waals surface area contributed by atoms with Crippen LogP contribution in [-0.2, 0) is 9.59 Å². The van der Waals surface area contributed by atoms with E-state index in [0.717, 1.165) is 31.6 Å². The van der Waals surface area contributed by atoms with E-state index in [1.165, 1.54) is 12.5 Å². The number of hydrogen-bond donors (Lipinski definition) is 2. The zero-order valence-electron chi connectivity index (χ0n) is 14.3. The SMILES string of the molecule is CCN1CCC[C@H](CNC(=O)CNC(=O)/C=C\c2ccccc2)C1. The molecular weight excluding hydrogens is 302 g/mol. The molecule has 1 fully saturated rings. The molecule has 5 nitrogen and oxygen atoms in total. The minimum Gasteiger partial charge on any atom is -0.354 e. The molecule has 2 rings (SSSR count). The molecule has 0 aromatic heterocycles. The van der Waals surface area contributed by atoms with E-state index in [2.05, 4.69) is 22.5 Å². The lowest BCUT2D eigenvalue weighted by molar-refractivity contribution is -0.124. The molecule has 1 aliphatic heterocycles. The van der Waals surface area contributed by atoms with Gasteiger partial charge in [0.15, 0.2) is 0 Å². The summed E-state index contributed by atoms with van der Waals surface area (Å²) < 4.78 is 0. The first kappa shape index (κ1) is 18.2. The first-order chi connectivity index (χ1) is 11.7. The monoisotopic (exact) mass is 329 g/mol. The van der Waals surface area contributed by atoms with Gasteiger partial charge >= 0.3 is 0 Å². The number of rotatable bonds is 7. The third-order valence-electron chi connectivity index (χ3n) is 4.29. The molecule has 0 saturated carbocycles. The maximum absolute atomic E-state index is 11.9. The fourth-order valence-corrected chi connectivity index (χ4v) is 2.89. The van der Waals surface area contributed by atoms with Crippen LogP contribution in [0, 0.1) is 5.92 Å². The van der Waals surface area contributed by atoms with Gasteiger partial charge in [-0.05, 0) is 43.5 Å². The van der Waals surface area contributed by atoms with Gasteiger partial charge in [-0.1, -0.05) is 37.3 Å². The lowest BCUT2D eigenvalue weighted by Gasteiger charge is -2.31. The van der Waals surface area contributed by atoms with Gasteiger partial charge < -0.3 is 15.5 Å². The molecule has 0 spiro atoms. The zero-order chi connectivity index (χ0) is 17.2. The lowest BCUT2D eigenvalue weighted by atomic mass is 9.98. The molecule has 1 aliphatic rings. The molecule has 130 valence electrons. The predicted octanol–water partition coefficient (Wildman–Crippen LogP) is 1.66. The number of likely N-dealkylation sites (tertiary alicyclic amines) is 1. The molecule has 2 amide bonds. The van der Waals surface area contributed by atoms with E-state index in [1.54, 1.807) is 6.08 Å². The van der Waals surface area contributed by atoms with E-state index in [1.807, 2.05) is 30.3 Å². The van der Waals surface area contributed by atoms with Crippen molar-refractivity contribution in [2.75, 3.05) is 32.7 Å². The Morgan fingerprint density at radius 2 is 2.04 bits per heavy atom. The van der Waals surface area contributed by atoms with Crippen LogP contribution < -0.4 is 10.6 Å². The van der Waals surface area contributed by atoms with Gasteiger partial charge in [0.2, 0.25) is 11.8 Å². The molecule has 1 saturated heterocycles. The van der Waals surface area contributed by atoms with E-state index in [-0.39, 0.29) is 18.4 Å². The number of piperidine rings is 1. The number of carbonyl (C=O) groups excluding carboxylic acids is 2. The standard InChI is InChI=1S/C19H27N3O2/c1-2-22-12-6-9-17(15-22)13-20-19(24)14-21-18(23)11-10-16-7-4-3-5-8-16/h3-5,7-8,10-11,17H,2,6,9,12-15H2,1H3,(H,20,24)(H,21,23)/b11-10-/t17-/m1/s1. The fourth-order valence-electron chi connectivity index (χ4n) is 2.89. The normalized spacial score (nSPS) is 18.5. The average Bonchev–Trinajstić information content (AvgIpc) is 2.64. The van der Waals surface area contributed by atoms with Gasteiger partial charge in [-0.3, -0.25) is 9.59 Å². The molecular formula is C19H27N3O2. The summed E-state index contributed by atoms with van der Waals surface area (Å²) in [6.07, 6.45) is 5.52. The van der Waals surface area contributed by atoms with E-state index in [0.29, 0.717) is 12.5 Å². The van der Waals surface area contributed by atoms with Crippen LogP contribution >= 0.6 is 0 Å². The van der Waals surface area contributed by atoms with Gasteiger partial charge in [0.05, 0.1) is 6.54 Å². The minimum atomic E-state index is -0.260. The van der Waals surface area contributed by atoms with Crippen molar-refractivity contribution in [3.8, 4) is 0 Å². The highest BCUT2D eigenvalue weighted by Crippen LogP contribution is 2.14. The van der Waals surface area contributed by atoms with Crippen LogP contribution in [0.25, 0.3) is 6.08 Å². The van der Waals surface area contributed by atoms with Crippen LogP contribution in [0.3, 0.4) is 0 Å². The van der Waals surface area contributed by atoms with Crippen molar-refractivity contribution in [3.05, 3.63) is 42.0 Å². The maximum atomic E-state index is 11.9. The Morgan fingerprint density at radius 1 is 1.25 bits per heavy atom. The molecule has 5 heteroatoms. The van der Waals surface area contributed by atoms with Crippen LogP contribution in [0.4, 0.5) is 0 Å². The maximum Gasteiger partial charge on any atom is 0.244 e. The van der Waals surface area contributed by atoms with E-state index >= 15 is 0 Å². The van der Waals surface area contributed by atoms with Gasteiger partial charge in [0.25, 0.3) is 0 Å². The molecule has 0 bridgehead atoms. The first-order valence-corrected chi connectivity index (χ1v) is 8.67. The molecule has 0 aliphatic carbocycles. The smallest absolute Gasteiger partial charge is 0.244 e. The number of hydrogen-bond acceptors (Lipinski definition) is 3. The largest absolute Gasteiger partial charge is 0.354 e. The van der Waals surface area contributed by atoms with E-state index < -0.39 is 0 Å². The minimum absolute atomic E-state index is 0.0160. The van der Waals surface area contributed by atoms with Crippen molar-refractivity contribution in [2.45, 2.75) is 19.8 Å². The van der Waals surface area contributed by atoms with Crippen molar-refractivity contribution in [2.24, 2.45) is 5.92 Å². The van der Waals surface area contributed by atoms with Gasteiger partial charge in [-0.25, -0.2) is 0 Å². The number of amides is 2.